The molecule has 0 aromatic rings. The summed E-state index contributed by atoms with van der Waals surface area (Å²) in [5.41, 5.74) is 4.64. The maximum atomic E-state index is 14.7. The Bertz CT molecular complexity index is 3070. The molecular weight excluding hydrogens is 1290 g/mol. The van der Waals surface area contributed by atoms with Crippen molar-refractivity contribution < 1.29 is 90.8 Å². The van der Waals surface area contributed by atoms with Crippen LogP contribution in [0.1, 0.15) is 207 Å². The molecule has 101 heavy (non-hydrogen) atoms. The summed E-state index contributed by atoms with van der Waals surface area (Å²) in [6.07, 6.45) is 18.1. The van der Waals surface area contributed by atoms with Gasteiger partial charge in [0.25, 0.3) is 0 Å². The average molecular weight is 1410 g/mol. The lowest BCUT2D eigenvalue weighted by molar-refractivity contribution is -0.292. The summed E-state index contributed by atoms with van der Waals surface area (Å²) in [6.45, 7) is 18.7. The molecule has 11 aliphatic heterocycles. The van der Waals surface area contributed by atoms with Gasteiger partial charge in [-0.05, 0) is 156 Å². The smallest absolute Gasteiger partial charge is 0.243 e. The van der Waals surface area contributed by atoms with Gasteiger partial charge in [0, 0.05) is 83.1 Å². The molecule has 10 saturated heterocycles. The van der Waals surface area contributed by atoms with Crippen LogP contribution < -0.4 is 16.0 Å². The summed E-state index contributed by atoms with van der Waals surface area (Å²) < 4.78 is 73.3. The largest absolute Gasteiger partial charge is 0.391 e. The lowest BCUT2D eigenvalue weighted by atomic mass is 9.81. The summed E-state index contributed by atoms with van der Waals surface area (Å²) >= 11 is 0. The molecule has 560 valence electrons. The Hall–Kier alpha value is -4.95. The molecule has 11 heterocycles. The third-order valence-corrected chi connectivity index (χ3v) is 23.0. The number of carbonyl (C=O) groups is 7. The van der Waals surface area contributed by atoms with Gasteiger partial charge >= 0.3 is 0 Å². The number of hydrogen-bond donors (Lipinski definition) is 4. The molecule has 12 bridgehead atoms. The highest BCUT2D eigenvalue weighted by atomic mass is 16.8. The van der Waals surface area contributed by atoms with E-state index in [4.69, 9.17) is 52.1 Å². The zero-order chi connectivity index (χ0) is 71.3. The van der Waals surface area contributed by atoms with E-state index in [1.165, 1.54) is 18.2 Å². The van der Waals surface area contributed by atoms with Crippen molar-refractivity contribution in [1.29, 1.82) is 0 Å². The number of allylic oxidation sites excluding steroid dienone is 5. The Balaban J connectivity index is 0.668. The minimum Gasteiger partial charge on any atom is -0.391 e. The van der Waals surface area contributed by atoms with E-state index in [0.717, 1.165) is 86.5 Å². The SMILES string of the molecule is C=C1C[C@@H]2CC[C@@]34CC5OC6C(O[C@H]7CC[C@H](CC(=O)C[C@@H]8[C@@H](OC)[C@@H](C[C@H](O)CNC(=O)[C@H](CCCC)NC(=O)[C@@H](NC(=O)CC/C9=C/CCOCCC/C(=C/C(=O)CCCCCC%10=CC(=O)C=CC%10=O)CCOCC9)C(C)C)O[C@H]8C[C@H]8O[C@@H](CC[C@@H]1O2)C[C@@H](C)C8=C)O[C@@H]7[C@@H]6O3)[C@H]5O4. The minimum absolute atomic E-state index is 0.00833. The second-order valence-electron chi connectivity index (χ2n) is 31.0. The van der Waals surface area contributed by atoms with Crippen molar-refractivity contribution in [3.8, 4) is 0 Å². The molecule has 3 amide bonds. The molecule has 1 spiro atoms. The lowest BCUT2D eigenvalue weighted by Gasteiger charge is -2.47. The van der Waals surface area contributed by atoms with E-state index < -0.39 is 72.2 Å². The first kappa shape index (κ1) is 77.2. The van der Waals surface area contributed by atoms with E-state index in [1.807, 2.05) is 20.8 Å². The summed E-state index contributed by atoms with van der Waals surface area (Å²) in [7, 11) is 1.61. The van der Waals surface area contributed by atoms with Crippen LogP contribution >= 0.6 is 0 Å². The minimum atomic E-state index is -1.10. The zero-order valence-electron chi connectivity index (χ0n) is 60.6. The molecule has 22 heteroatoms. The van der Waals surface area contributed by atoms with Gasteiger partial charge in [-0.3, -0.25) is 33.6 Å². The lowest BCUT2D eigenvalue weighted by Crippen LogP contribution is -2.61. The third-order valence-electron chi connectivity index (χ3n) is 23.0. The Morgan fingerprint density at radius 2 is 1.50 bits per heavy atom. The highest BCUT2D eigenvalue weighted by Crippen LogP contribution is 2.55. The van der Waals surface area contributed by atoms with Gasteiger partial charge in [-0.25, -0.2) is 0 Å². The fraction of sp³-hybridized carbons (Fsp3) is 0.759. The normalized spacial score (nSPS) is 36.7. The molecule has 4 N–H and O–H groups in total. The molecule has 0 aromatic heterocycles. The van der Waals surface area contributed by atoms with Crippen LogP contribution in [0.15, 0.2) is 71.4 Å². The number of amides is 3. The van der Waals surface area contributed by atoms with Crippen molar-refractivity contribution in [3.05, 3.63) is 71.4 Å². The van der Waals surface area contributed by atoms with E-state index in [0.29, 0.717) is 122 Å². The number of Topliss-reactive ketones (excluding diaryl/α,β-unsaturated/α-hetero) is 1. The maximum absolute atomic E-state index is 14.7. The number of ether oxygens (including phenoxy) is 11. The highest BCUT2D eigenvalue weighted by Gasteiger charge is 2.69. The quantitative estimate of drug-likeness (QED) is 0.0321. The van der Waals surface area contributed by atoms with Gasteiger partial charge in [-0.15, -0.1) is 0 Å². The topological polar surface area (TPSA) is 277 Å². The molecule has 12 aliphatic rings. The summed E-state index contributed by atoms with van der Waals surface area (Å²) in [4.78, 5) is 93.5. The van der Waals surface area contributed by atoms with Gasteiger partial charge in [-0.2, -0.15) is 0 Å². The van der Waals surface area contributed by atoms with Gasteiger partial charge in [0.15, 0.2) is 23.1 Å². The number of hydrogen-bond acceptors (Lipinski definition) is 19. The van der Waals surface area contributed by atoms with Crippen molar-refractivity contribution in [3.63, 3.8) is 0 Å². The van der Waals surface area contributed by atoms with E-state index in [9.17, 15) is 38.7 Å². The van der Waals surface area contributed by atoms with Crippen molar-refractivity contribution in [2.45, 2.75) is 323 Å². The number of aliphatic hydroxyl groups is 1. The van der Waals surface area contributed by atoms with Gasteiger partial charge < -0.3 is 73.2 Å². The monoisotopic (exact) mass is 1410 g/mol. The average Bonchev–Trinajstić information content (AvgIpc) is 1.55. The fourth-order valence-electron chi connectivity index (χ4n) is 17.4. The van der Waals surface area contributed by atoms with Crippen molar-refractivity contribution in [2.24, 2.45) is 17.8 Å². The molecule has 0 saturated carbocycles. The van der Waals surface area contributed by atoms with Crippen LogP contribution in [0.2, 0.25) is 0 Å². The second kappa shape index (κ2) is 36.4. The Labute approximate surface area is 597 Å². The Morgan fingerprint density at radius 3 is 2.33 bits per heavy atom. The fourth-order valence-corrected chi connectivity index (χ4v) is 17.4. The van der Waals surface area contributed by atoms with Crippen molar-refractivity contribution in [1.82, 2.24) is 16.0 Å². The Morgan fingerprint density at radius 1 is 0.733 bits per heavy atom. The van der Waals surface area contributed by atoms with Crippen LogP contribution in [-0.4, -0.2) is 202 Å². The van der Waals surface area contributed by atoms with Gasteiger partial charge in [0.2, 0.25) is 17.7 Å². The van der Waals surface area contributed by atoms with Crippen LogP contribution in [0.5, 0.6) is 0 Å². The molecule has 0 radical (unpaired) electrons. The summed E-state index contributed by atoms with van der Waals surface area (Å²) in [6, 6.07) is -1.88. The van der Waals surface area contributed by atoms with Crippen molar-refractivity contribution >= 4 is 40.9 Å². The van der Waals surface area contributed by atoms with Crippen LogP contribution in [0, 0.1) is 17.8 Å². The number of rotatable bonds is 23. The second-order valence-corrected chi connectivity index (χ2v) is 31.0. The molecule has 0 aromatic carbocycles. The summed E-state index contributed by atoms with van der Waals surface area (Å²) in [5, 5.41) is 20.7. The molecule has 10 fully saturated rings. The third kappa shape index (κ3) is 20.4. The van der Waals surface area contributed by atoms with Gasteiger partial charge in [0.1, 0.15) is 48.4 Å². The maximum Gasteiger partial charge on any atom is 0.243 e. The first-order chi connectivity index (χ1) is 48.7. The molecular formula is C79H115N3O19. The van der Waals surface area contributed by atoms with E-state index in [-0.39, 0.29) is 134 Å². The highest BCUT2D eigenvalue weighted by molar-refractivity contribution is 6.17. The molecule has 1 aliphatic carbocycles. The van der Waals surface area contributed by atoms with Gasteiger partial charge in [-0.1, -0.05) is 77.3 Å². The predicted octanol–water partition coefficient (Wildman–Crippen LogP) is 9.20. The van der Waals surface area contributed by atoms with E-state index in [1.54, 1.807) is 13.2 Å². The Kier molecular flexibility index (Phi) is 27.8. The first-order valence-corrected chi connectivity index (χ1v) is 38.5. The number of methoxy groups -OCH3 is 1. The number of unbranched alkanes of at least 4 members (excludes halogenated alkanes) is 3. The first-order valence-electron chi connectivity index (χ1n) is 38.5. The number of aliphatic hydroxyl groups excluding tert-OH is 1. The molecule has 12 rings (SSSR count). The van der Waals surface area contributed by atoms with Crippen LogP contribution in [-0.2, 0) is 85.7 Å². The number of carbonyl (C=O) groups excluding carboxylic acids is 7. The van der Waals surface area contributed by atoms with Gasteiger partial charge in [0.05, 0.1) is 87.0 Å². The number of ketones is 4. The number of fused-ring (bicyclic) bond motifs is 6. The molecule has 21 atom stereocenters. The van der Waals surface area contributed by atoms with E-state index in [2.05, 4.69) is 42.1 Å². The molecule has 3 unspecified atom stereocenters. The molecule has 22 nitrogen and oxygen atoms in total. The van der Waals surface area contributed by atoms with Crippen molar-refractivity contribution in [2.75, 3.05) is 40.1 Å². The standard InChI is InChI=1S/C79H115N3O19/c1-8-9-19-61(81-78(90)70(46(2)3)82-69(88)27-20-50-15-13-32-92-33-14-16-51(30-35-93-34-29-50)38-53(83)18-12-10-11-17-52-39-54(84)21-24-62(52)87)77(89)80-45-56(86)42-67-71(91-7)60-41-55(85)40-58-23-26-64-72(96-58)76-75-74(98-64)73-68(99-75)44-79(100-73,101-76)31-28-59-37-48(5)63(94-59)25-22-57-36-47(4)49(6)65(95-57)43-66(60)97-67/h15,21,24,38-39,46-47,56-61,63-68,70-76,86H,5-6,8-14,16-20,22-23,25-37,40-45H2,1-4,7H3,(H,80,89)(H,81,90)(H,82,88)/b50-15-,51-38-/t47-,56+,57+,58-,59+,60+,61+,63+,64+,65-,66+,67-,68?,70+,71-,72+,73+,74?,75?,76+,79+/m1/s1. The van der Waals surface area contributed by atoms with E-state index >= 15 is 0 Å². The predicted molar refractivity (Wildman–Crippen MR) is 374 cm³/mol. The summed E-state index contributed by atoms with van der Waals surface area (Å²) in [5.74, 6) is -2.90. The van der Waals surface area contributed by atoms with Crippen LogP contribution in [0.4, 0.5) is 0 Å². The zero-order valence-corrected chi connectivity index (χ0v) is 60.6. The number of nitrogens with one attached hydrogen (secondary N) is 3. The van der Waals surface area contributed by atoms with Crippen LogP contribution in [0.3, 0.4) is 0 Å². The van der Waals surface area contributed by atoms with Crippen LogP contribution in [0.25, 0.3) is 0 Å².